The Morgan fingerprint density at radius 1 is 1.41 bits per heavy atom. The lowest BCUT2D eigenvalue weighted by Crippen LogP contribution is -2.55. The summed E-state index contributed by atoms with van der Waals surface area (Å²) in [6, 6.07) is 1.82. The number of nitrogens with one attached hydrogen (secondary N) is 1. The lowest BCUT2D eigenvalue weighted by atomic mass is 9.82. The average Bonchev–Trinajstić information content (AvgIpc) is 2.31. The summed E-state index contributed by atoms with van der Waals surface area (Å²) in [4.78, 5) is 2.61. The van der Waals surface area contributed by atoms with Gasteiger partial charge in [-0.05, 0) is 45.7 Å². The minimum Gasteiger partial charge on any atom is -0.383 e. The van der Waals surface area contributed by atoms with Crippen molar-refractivity contribution < 1.29 is 4.74 Å². The Labute approximate surface area is 107 Å². The van der Waals surface area contributed by atoms with Crippen LogP contribution in [0.25, 0.3) is 0 Å². The first kappa shape index (κ1) is 14.9. The highest BCUT2D eigenvalue weighted by Crippen LogP contribution is 2.28. The van der Waals surface area contributed by atoms with E-state index in [2.05, 4.69) is 38.0 Å². The molecule has 4 atom stereocenters. The van der Waals surface area contributed by atoms with E-state index < -0.39 is 0 Å². The molecule has 1 N–H and O–H groups in total. The number of hydrogen-bond acceptors (Lipinski definition) is 3. The lowest BCUT2D eigenvalue weighted by Gasteiger charge is -2.44. The van der Waals surface area contributed by atoms with Crippen molar-refractivity contribution >= 4 is 0 Å². The summed E-state index contributed by atoms with van der Waals surface area (Å²) < 4.78 is 5.31. The highest BCUT2D eigenvalue weighted by molar-refractivity contribution is 4.91. The molecule has 1 saturated carbocycles. The molecule has 0 heterocycles. The SMILES string of the molecule is CCN(C(C)COC)C1CC(C)CCC1NC. The summed E-state index contributed by atoms with van der Waals surface area (Å²) in [5, 5.41) is 3.50. The topological polar surface area (TPSA) is 24.5 Å². The van der Waals surface area contributed by atoms with Crippen LogP contribution in [0.1, 0.15) is 40.0 Å². The number of methoxy groups -OCH3 is 1. The number of likely N-dealkylation sites (N-methyl/N-ethyl adjacent to an activating group) is 2. The predicted molar refractivity (Wildman–Crippen MR) is 73.4 cm³/mol. The van der Waals surface area contributed by atoms with E-state index in [1.54, 1.807) is 7.11 Å². The molecule has 0 radical (unpaired) electrons. The predicted octanol–water partition coefficient (Wildman–Crippen LogP) is 2.12. The fraction of sp³-hybridized carbons (Fsp3) is 1.00. The van der Waals surface area contributed by atoms with Crippen LogP contribution in [0.2, 0.25) is 0 Å². The van der Waals surface area contributed by atoms with E-state index in [0.29, 0.717) is 18.1 Å². The van der Waals surface area contributed by atoms with Gasteiger partial charge in [-0.2, -0.15) is 0 Å². The van der Waals surface area contributed by atoms with Gasteiger partial charge >= 0.3 is 0 Å². The van der Waals surface area contributed by atoms with Crippen molar-refractivity contribution in [3.05, 3.63) is 0 Å². The molecular weight excluding hydrogens is 212 g/mol. The van der Waals surface area contributed by atoms with Crippen LogP contribution in [0.4, 0.5) is 0 Å². The van der Waals surface area contributed by atoms with Crippen molar-refractivity contribution in [2.75, 3.05) is 27.3 Å². The van der Waals surface area contributed by atoms with E-state index in [-0.39, 0.29) is 0 Å². The molecule has 0 saturated heterocycles. The molecule has 4 unspecified atom stereocenters. The third kappa shape index (κ3) is 3.94. The molecule has 1 aliphatic carbocycles. The number of nitrogens with zero attached hydrogens (tertiary/aromatic N) is 1. The highest BCUT2D eigenvalue weighted by Gasteiger charge is 2.33. The van der Waals surface area contributed by atoms with E-state index in [4.69, 9.17) is 4.74 Å². The second-order valence-electron chi connectivity index (χ2n) is 5.52. The summed E-state index contributed by atoms with van der Waals surface area (Å²) in [5.41, 5.74) is 0. The Hall–Kier alpha value is -0.120. The van der Waals surface area contributed by atoms with Crippen molar-refractivity contribution in [2.24, 2.45) is 5.92 Å². The van der Waals surface area contributed by atoms with Crippen LogP contribution in [0.3, 0.4) is 0 Å². The number of ether oxygens (including phenoxy) is 1. The van der Waals surface area contributed by atoms with E-state index in [1.165, 1.54) is 19.3 Å². The molecule has 0 aromatic carbocycles. The van der Waals surface area contributed by atoms with Gasteiger partial charge in [0.2, 0.25) is 0 Å². The maximum absolute atomic E-state index is 5.31. The summed E-state index contributed by atoms with van der Waals surface area (Å²) in [5.74, 6) is 0.855. The minimum atomic E-state index is 0.510. The molecule has 0 spiro atoms. The third-order valence-corrected chi connectivity index (χ3v) is 4.21. The van der Waals surface area contributed by atoms with Crippen LogP contribution in [-0.2, 0) is 4.74 Å². The summed E-state index contributed by atoms with van der Waals surface area (Å²) in [6.45, 7) is 8.86. The molecule has 1 rings (SSSR count). The molecule has 1 fully saturated rings. The molecule has 0 aromatic heterocycles. The van der Waals surface area contributed by atoms with Gasteiger partial charge in [-0.1, -0.05) is 13.8 Å². The first-order valence-electron chi connectivity index (χ1n) is 7.05. The first-order chi connectivity index (χ1) is 8.13. The summed E-state index contributed by atoms with van der Waals surface area (Å²) in [6.07, 6.45) is 3.98. The largest absolute Gasteiger partial charge is 0.383 e. The standard InChI is InChI=1S/C14H30N2O/c1-6-16(12(3)10-17-5)14-9-11(2)7-8-13(14)15-4/h11-15H,6-10H2,1-5H3. The van der Waals surface area contributed by atoms with Crippen molar-refractivity contribution in [3.8, 4) is 0 Å². The normalized spacial score (nSPS) is 31.8. The maximum Gasteiger partial charge on any atom is 0.0615 e. The van der Waals surface area contributed by atoms with Gasteiger partial charge < -0.3 is 10.1 Å². The maximum atomic E-state index is 5.31. The van der Waals surface area contributed by atoms with Gasteiger partial charge in [0.15, 0.2) is 0 Å². The fourth-order valence-corrected chi connectivity index (χ4v) is 3.26. The molecule has 0 bridgehead atoms. The van der Waals surface area contributed by atoms with Gasteiger partial charge in [0, 0.05) is 25.2 Å². The van der Waals surface area contributed by atoms with Gasteiger partial charge in [-0.3, -0.25) is 4.90 Å². The van der Waals surface area contributed by atoms with Gasteiger partial charge in [-0.15, -0.1) is 0 Å². The van der Waals surface area contributed by atoms with Gasteiger partial charge in [0.1, 0.15) is 0 Å². The molecule has 3 nitrogen and oxygen atoms in total. The van der Waals surface area contributed by atoms with E-state index in [1.807, 2.05) is 0 Å². The van der Waals surface area contributed by atoms with E-state index in [0.717, 1.165) is 19.1 Å². The Balaban J connectivity index is 2.68. The van der Waals surface area contributed by atoms with E-state index in [9.17, 15) is 0 Å². The molecule has 0 amide bonds. The van der Waals surface area contributed by atoms with Crippen LogP contribution in [0, 0.1) is 5.92 Å². The molecule has 1 aliphatic rings. The van der Waals surface area contributed by atoms with E-state index >= 15 is 0 Å². The Morgan fingerprint density at radius 2 is 2.12 bits per heavy atom. The highest BCUT2D eigenvalue weighted by atomic mass is 16.5. The molecule has 17 heavy (non-hydrogen) atoms. The Kier molecular flexibility index (Phi) is 6.45. The van der Waals surface area contributed by atoms with Gasteiger partial charge in [-0.25, -0.2) is 0 Å². The molecule has 102 valence electrons. The zero-order valence-electron chi connectivity index (χ0n) is 12.2. The van der Waals surface area contributed by atoms with Crippen molar-refractivity contribution in [2.45, 2.75) is 58.2 Å². The van der Waals surface area contributed by atoms with Gasteiger partial charge in [0.25, 0.3) is 0 Å². The molecule has 0 aromatic rings. The Morgan fingerprint density at radius 3 is 2.65 bits per heavy atom. The lowest BCUT2D eigenvalue weighted by molar-refractivity contribution is 0.0365. The van der Waals surface area contributed by atoms with Crippen LogP contribution < -0.4 is 5.32 Å². The number of hydrogen-bond donors (Lipinski definition) is 1. The third-order valence-electron chi connectivity index (χ3n) is 4.21. The van der Waals surface area contributed by atoms with Crippen LogP contribution in [-0.4, -0.2) is 50.3 Å². The fourth-order valence-electron chi connectivity index (χ4n) is 3.26. The molecule has 0 aliphatic heterocycles. The first-order valence-corrected chi connectivity index (χ1v) is 7.05. The van der Waals surface area contributed by atoms with Crippen LogP contribution in [0.15, 0.2) is 0 Å². The van der Waals surface area contributed by atoms with Crippen LogP contribution in [0.5, 0.6) is 0 Å². The average molecular weight is 242 g/mol. The molecular formula is C14H30N2O. The zero-order valence-corrected chi connectivity index (χ0v) is 12.2. The van der Waals surface area contributed by atoms with Crippen molar-refractivity contribution in [1.82, 2.24) is 10.2 Å². The van der Waals surface area contributed by atoms with Crippen LogP contribution >= 0.6 is 0 Å². The molecule has 3 heteroatoms. The summed E-state index contributed by atoms with van der Waals surface area (Å²) >= 11 is 0. The monoisotopic (exact) mass is 242 g/mol. The zero-order chi connectivity index (χ0) is 12.8. The minimum absolute atomic E-state index is 0.510. The van der Waals surface area contributed by atoms with Gasteiger partial charge in [0.05, 0.1) is 6.61 Å². The van der Waals surface area contributed by atoms with Crippen molar-refractivity contribution in [1.29, 1.82) is 0 Å². The second-order valence-corrected chi connectivity index (χ2v) is 5.52. The Bertz CT molecular complexity index is 210. The number of rotatable bonds is 6. The smallest absolute Gasteiger partial charge is 0.0615 e. The van der Waals surface area contributed by atoms with Crippen molar-refractivity contribution in [3.63, 3.8) is 0 Å². The second kappa shape index (κ2) is 7.34. The summed E-state index contributed by atoms with van der Waals surface area (Å²) in [7, 11) is 3.89. The quantitative estimate of drug-likeness (QED) is 0.772.